The van der Waals surface area contributed by atoms with Gasteiger partial charge in [0.1, 0.15) is 6.29 Å². The molecular weight excluding hydrogens is 562 g/mol. The Bertz CT molecular complexity index is 998. The highest BCUT2D eigenvalue weighted by Crippen LogP contribution is 2.27. The van der Waals surface area contributed by atoms with Gasteiger partial charge >= 0.3 is 5.97 Å². The molecule has 230 valence electrons. The summed E-state index contributed by atoms with van der Waals surface area (Å²) in [6.45, 7) is 13.6. The zero-order chi connectivity index (χ0) is 31.1. The van der Waals surface area contributed by atoms with E-state index in [-0.39, 0.29) is 17.5 Å². The molecule has 1 unspecified atom stereocenters. The van der Waals surface area contributed by atoms with Gasteiger partial charge in [-0.3, -0.25) is 14.4 Å². The van der Waals surface area contributed by atoms with Crippen molar-refractivity contribution in [2.24, 2.45) is 5.41 Å². The maximum Gasteiger partial charge on any atom is 0.302 e. The Morgan fingerprint density at radius 2 is 1.88 bits per heavy atom. The van der Waals surface area contributed by atoms with Crippen LogP contribution in [0.25, 0.3) is 10.4 Å². The van der Waals surface area contributed by atoms with Gasteiger partial charge in [0.25, 0.3) is 0 Å². The highest BCUT2D eigenvalue weighted by atomic mass is 32.2. The van der Waals surface area contributed by atoms with Crippen molar-refractivity contribution in [2.75, 3.05) is 26.0 Å². The number of esters is 1. The van der Waals surface area contributed by atoms with Crippen LogP contribution >= 0.6 is 23.4 Å². The molecule has 41 heavy (non-hydrogen) atoms. The molecule has 0 aliphatic carbocycles. The van der Waals surface area contributed by atoms with E-state index in [1.807, 2.05) is 45.3 Å². The van der Waals surface area contributed by atoms with E-state index in [9.17, 15) is 19.2 Å². The van der Waals surface area contributed by atoms with Gasteiger partial charge in [-0.2, -0.15) is 0 Å². The molecule has 1 saturated heterocycles. The number of nitrogens with one attached hydrogen (secondary N) is 1. The van der Waals surface area contributed by atoms with E-state index in [4.69, 9.17) is 4.18 Å². The minimum absolute atomic E-state index is 0.0972. The second-order valence-corrected chi connectivity index (χ2v) is 11.6. The van der Waals surface area contributed by atoms with E-state index in [2.05, 4.69) is 34.1 Å². The average molecular weight is 610 g/mol. The standard InChI is InChI=1S/C12H12N2OS.C9H17NO2S.C6H12O.C3H6O2/c1-9-12(16-8-14-9)11-4-2-10(3-5-11)6-13-7-15;1-2-3-6-13-12-9-4-5-10(7-9)8-11;1-4-6(2,3)5-7;1-3(4)5-2/h2-5,7-8H,6H2,1H3,(H,13,15);8-9H,2-7H2,1H3;5H,4H2,1-3H3;1-2H3. The second-order valence-electron chi connectivity index (χ2n) is 9.90. The first-order chi connectivity index (χ1) is 19.6. The Hall–Kier alpha value is -2.76. The Balaban J connectivity index is 0.000000573. The third-order valence-electron chi connectivity index (χ3n) is 5.98. The van der Waals surface area contributed by atoms with Crippen molar-refractivity contribution < 1.29 is 28.1 Å². The number of ether oxygens (including phenoxy) is 1. The Kier molecular flexibility index (Phi) is 21.3. The summed E-state index contributed by atoms with van der Waals surface area (Å²) in [7, 11) is 1.35. The van der Waals surface area contributed by atoms with E-state index in [0.717, 1.165) is 55.6 Å². The molecule has 1 N–H and O–H groups in total. The molecule has 2 amide bonds. The number of methoxy groups -OCH3 is 1. The number of hydrogen-bond donors (Lipinski definition) is 1. The summed E-state index contributed by atoms with van der Waals surface area (Å²) >= 11 is 3.19. The van der Waals surface area contributed by atoms with E-state index in [0.29, 0.717) is 13.0 Å². The Labute approximate surface area is 254 Å². The number of aldehydes is 1. The highest BCUT2D eigenvalue weighted by Gasteiger charge is 2.21. The van der Waals surface area contributed by atoms with Crippen LogP contribution < -0.4 is 5.32 Å². The fourth-order valence-corrected chi connectivity index (χ4v) is 4.54. The molecule has 1 aliphatic heterocycles. The topological polar surface area (TPSA) is 115 Å². The predicted molar refractivity (Wildman–Crippen MR) is 168 cm³/mol. The van der Waals surface area contributed by atoms with Gasteiger partial charge in [0, 0.05) is 37.7 Å². The van der Waals surface area contributed by atoms with Crippen molar-refractivity contribution in [1.29, 1.82) is 0 Å². The molecule has 11 heteroatoms. The molecule has 3 rings (SSSR count). The number of nitrogens with zero attached hydrogens (tertiary/aromatic N) is 2. The summed E-state index contributed by atoms with van der Waals surface area (Å²) in [5, 5.41) is 2.64. The quantitative estimate of drug-likeness (QED) is 0.138. The number of unbranched alkanes of at least 4 members (excludes halogenated alkanes) is 1. The first-order valence-electron chi connectivity index (χ1n) is 13.7. The van der Waals surface area contributed by atoms with Crippen molar-refractivity contribution >= 4 is 48.5 Å². The lowest BCUT2D eigenvalue weighted by Gasteiger charge is -2.10. The molecule has 0 saturated carbocycles. The fourth-order valence-electron chi connectivity index (χ4n) is 2.87. The number of aryl methyl sites for hydroxylation is 1. The van der Waals surface area contributed by atoms with Crippen molar-refractivity contribution in [2.45, 2.75) is 79.9 Å². The zero-order valence-corrected chi connectivity index (χ0v) is 27.1. The van der Waals surface area contributed by atoms with Gasteiger partial charge in [0.05, 0.1) is 29.3 Å². The van der Waals surface area contributed by atoms with Crippen LogP contribution in [0.15, 0.2) is 29.8 Å². The number of thiazole rings is 1. The lowest BCUT2D eigenvalue weighted by Crippen LogP contribution is -2.20. The van der Waals surface area contributed by atoms with Crippen molar-refractivity contribution in [3.05, 3.63) is 41.0 Å². The normalized spacial score (nSPS) is 13.7. The monoisotopic (exact) mass is 609 g/mol. The predicted octanol–water partition coefficient (Wildman–Crippen LogP) is 5.85. The van der Waals surface area contributed by atoms with Crippen LogP contribution in [0.2, 0.25) is 0 Å². The molecule has 2 heterocycles. The van der Waals surface area contributed by atoms with Gasteiger partial charge < -0.3 is 23.9 Å². The summed E-state index contributed by atoms with van der Waals surface area (Å²) in [6, 6.07) is 8.15. The van der Waals surface area contributed by atoms with Crippen molar-refractivity contribution in [3.63, 3.8) is 0 Å². The van der Waals surface area contributed by atoms with Crippen LogP contribution in [0.4, 0.5) is 0 Å². The minimum atomic E-state index is -0.245. The van der Waals surface area contributed by atoms with Crippen LogP contribution in [0.5, 0.6) is 0 Å². The van der Waals surface area contributed by atoms with Gasteiger partial charge in [0.2, 0.25) is 12.8 Å². The summed E-state index contributed by atoms with van der Waals surface area (Å²) in [5.41, 5.74) is 5.09. The summed E-state index contributed by atoms with van der Waals surface area (Å²) in [5.74, 6) is 0.818. The average Bonchev–Trinajstić information content (AvgIpc) is 3.64. The Morgan fingerprint density at radius 1 is 1.22 bits per heavy atom. The van der Waals surface area contributed by atoms with Gasteiger partial charge in [-0.1, -0.05) is 58.4 Å². The molecule has 0 spiro atoms. The fraction of sp³-hybridized carbons (Fsp3) is 0.567. The van der Waals surface area contributed by atoms with Crippen LogP contribution in [0.1, 0.15) is 71.6 Å². The van der Waals surface area contributed by atoms with E-state index in [1.54, 1.807) is 28.3 Å². The van der Waals surface area contributed by atoms with E-state index >= 15 is 0 Å². The van der Waals surface area contributed by atoms with E-state index < -0.39 is 0 Å². The van der Waals surface area contributed by atoms with Gasteiger partial charge in [0.15, 0.2) is 0 Å². The van der Waals surface area contributed by atoms with Gasteiger partial charge in [-0.15, -0.1) is 11.3 Å². The number of amides is 2. The molecular formula is C30H47N3O6S2. The van der Waals surface area contributed by atoms with E-state index in [1.165, 1.54) is 37.3 Å². The lowest BCUT2D eigenvalue weighted by atomic mass is 9.93. The largest absolute Gasteiger partial charge is 0.469 e. The lowest BCUT2D eigenvalue weighted by molar-refractivity contribution is -0.138. The summed E-state index contributed by atoms with van der Waals surface area (Å²) in [4.78, 5) is 47.4. The molecule has 1 fully saturated rings. The number of benzene rings is 1. The molecule has 1 aliphatic rings. The number of hydrogen-bond acceptors (Lipinski definition) is 9. The third-order valence-corrected chi connectivity index (χ3v) is 7.82. The molecule has 1 aromatic heterocycles. The number of carbonyl (C=O) groups is 4. The Morgan fingerprint density at radius 3 is 2.29 bits per heavy atom. The third kappa shape index (κ3) is 18.3. The molecule has 9 nitrogen and oxygen atoms in total. The number of carbonyl (C=O) groups excluding carboxylic acids is 4. The van der Waals surface area contributed by atoms with Crippen LogP contribution in [-0.2, 0) is 34.6 Å². The number of aromatic nitrogens is 1. The minimum Gasteiger partial charge on any atom is -0.469 e. The SMILES string of the molecule is CCC(C)(C)C=O.CCCCSOC1CCN(C=O)C1.COC(C)=O.Cc1ncsc1-c1ccc(CNC=O)cc1. The molecule has 1 aromatic carbocycles. The molecule has 2 aromatic rings. The van der Waals surface area contributed by atoms with Crippen molar-refractivity contribution in [3.8, 4) is 10.4 Å². The maximum atomic E-state index is 10.4. The van der Waals surface area contributed by atoms with Crippen molar-refractivity contribution in [1.82, 2.24) is 15.2 Å². The van der Waals surface area contributed by atoms with Gasteiger partial charge in [-0.05, 0) is 49.4 Å². The summed E-state index contributed by atoms with van der Waals surface area (Å²) < 4.78 is 9.66. The number of likely N-dealkylation sites (tertiary alicyclic amines) is 1. The molecule has 0 radical (unpaired) electrons. The zero-order valence-electron chi connectivity index (χ0n) is 25.5. The van der Waals surface area contributed by atoms with Crippen LogP contribution in [0.3, 0.4) is 0 Å². The highest BCUT2D eigenvalue weighted by molar-refractivity contribution is 7.94. The van der Waals surface area contributed by atoms with Gasteiger partial charge in [-0.25, -0.2) is 4.98 Å². The maximum absolute atomic E-state index is 10.4. The molecule has 1 atom stereocenters. The number of rotatable bonds is 12. The van der Waals surface area contributed by atoms with Crippen LogP contribution in [-0.4, -0.2) is 67.0 Å². The van der Waals surface area contributed by atoms with Crippen LogP contribution in [0, 0.1) is 12.3 Å². The molecule has 0 bridgehead atoms. The summed E-state index contributed by atoms with van der Waals surface area (Å²) in [6.07, 6.45) is 7.19. The first kappa shape index (κ1) is 38.2. The smallest absolute Gasteiger partial charge is 0.302 e. The second kappa shape index (κ2) is 22.9. The first-order valence-corrected chi connectivity index (χ1v) is 15.5.